The zero-order valence-corrected chi connectivity index (χ0v) is 31.8. The summed E-state index contributed by atoms with van der Waals surface area (Å²) in [5, 5.41) is 8.47. The summed E-state index contributed by atoms with van der Waals surface area (Å²) < 4.78 is 0. The Labute approximate surface area is 322 Å². The van der Waals surface area contributed by atoms with E-state index < -0.39 is 15.8 Å². The molecule has 0 nitrogen and oxygen atoms in total. The van der Waals surface area contributed by atoms with Crippen molar-refractivity contribution in [2.24, 2.45) is 0 Å². The quantitative estimate of drug-likeness (QED) is 0.0898. The minimum Gasteiger partial charge on any atom is -0.214 e. The van der Waals surface area contributed by atoms with E-state index in [2.05, 4.69) is 170 Å². The van der Waals surface area contributed by atoms with Gasteiger partial charge in [0.15, 0.2) is 0 Å². The summed E-state index contributed by atoms with van der Waals surface area (Å²) in [4.78, 5) is 0. The van der Waals surface area contributed by atoms with E-state index in [4.69, 9.17) is 0 Å². The van der Waals surface area contributed by atoms with Gasteiger partial charge in [0.2, 0.25) is 0 Å². The van der Waals surface area contributed by atoms with Crippen LogP contribution in [-0.4, -0.2) is 0 Å². The van der Waals surface area contributed by atoms with Crippen molar-refractivity contribution in [2.75, 3.05) is 0 Å². The average molecular weight is 777 g/mol. The first-order valence-electron chi connectivity index (χ1n) is 15.5. The largest absolute Gasteiger partial charge is 2.00 e. The van der Waals surface area contributed by atoms with Gasteiger partial charge in [-0.15, -0.1) is 23.0 Å². The van der Waals surface area contributed by atoms with E-state index in [0.29, 0.717) is 0 Å². The first-order chi connectivity index (χ1) is 22.9. The fourth-order valence-corrected chi connectivity index (χ4v) is 9.48. The van der Waals surface area contributed by atoms with Crippen LogP contribution < -0.4 is 31.8 Å². The van der Waals surface area contributed by atoms with Crippen LogP contribution in [0, 0.1) is 0 Å². The Morgan fingerprint density at radius 3 is 0.735 bits per heavy atom. The van der Waals surface area contributed by atoms with Crippen molar-refractivity contribution in [3.63, 3.8) is 0 Å². The van der Waals surface area contributed by atoms with Crippen LogP contribution in [-0.2, 0) is 34.1 Å². The van der Waals surface area contributed by atoms with E-state index >= 15 is 0 Å². The van der Waals surface area contributed by atoms with Gasteiger partial charge in [0, 0.05) is 0 Å². The summed E-state index contributed by atoms with van der Waals surface area (Å²) in [6, 6.07) is 80.5. The third kappa shape index (κ3) is 13.7. The summed E-state index contributed by atoms with van der Waals surface area (Å²) in [7, 11) is -0.818. The predicted molar refractivity (Wildman–Crippen MR) is 213 cm³/mol. The molecule has 5 heteroatoms. The van der Waals surface area contributed by atoms with E-state index in [-0.39, 0.29) is 46.5 Å². The Hall–Kier alpha value is -3.53. The number of benzene rings is 4. The predicted octanol–water partition coefficient (Wildman–Crippen LogP) is 9.56. The molecule has 0 saturated carbocycles. The van der Waals surface area contributed by atoms with Gasteiger partial charge in [-0.05, 0) is 37.1 Å². The third-order valence-electron chi connectivity index (χ3n) is 6.98. The molecule has 49 heavy (non-hydrogen) atoms. The van der Waals surface area contributed by atoms with Crippen molar-refractivity contribution in [3.05, 3.63) is 231 Å². The van der Waals surface area contributed by atoms with Gasteiger partial charge in [-0.25, -0.2) is 48.5 Å². The molecule has 8 rings (SSSR count). The summed E-state index contributed by atoms with van der Waals surface area (Å²) in [5.41, 5.74) is 0. The summed E-state index contributed by atoms with van der Waals surface area (Å²) in [5.74, 6) is 0. The zero-order chi connectivity index (χ0) is 31.5. The Balaban J connectivity index is 0.000000253. The number of hydrogen-bond donors (Lipinski definition) is 0. The van der Waals surface area contributed by atoms with Gasteiger partial charge in [-0.2, -0.15) is 60.7 Å². The first kappa shape index (κ1) is 41.6. The molecule has 0 aliphatic heterocycles. The van der Waals surface area contributed by atoms with Crippen LogP contribution in [0.25, 0.3) is 0 Å². The minimum absolute atomic E-state index is 0. The number of hydrogen-bond acceptors (Lipinski definition) is 0. The normalized spacial score (nSPS) is 9.51. The van der Waals surface area contributed by atoms with Crippen molar-refractivity contribution in [2.45, 2.75) is 0 Å². The molecular formula is C44H39ClFe2P2. The van der Waals surface area contributed by atoms with Gasteiger partial charge >= 0.3 is 34.1 Å². The standard InChI is InChI=1S/2C17H14P.2C5H5.ClH.2Fe/c2*1-3-9-15(10-4-1)18(17-13-7-8-14-17)16-11-5-2-6-12-16;2*1-2-4-5-3-1;;;/h2*1-14H;2*1-5H;1H;;/q4*-1;;2*+2. The van der Waals surface area contributed by atoms with Crippen LogP contribution in [0.15, 0.2) is 231 Å². The summed E-state index contributed by atoms with van der Waals surface area (Å²) in [6.07, 6.45) is 0. The molecule has 0 amide bonds. The van der Waals surface area contributed by atoms with Crippen molar-refractivity contribution in [1.82, 2.24) is 0 Å². The molecule has 248 valence electrons. The molecule has 0 N–H and O–H groups in total. The fraction of sp³-hybridized carbons (Fsp3) is 0. The van der Waals surface area contributed by atoms with Gasteiger partial charge in [-0.3, -0.25) is 0 Å². The molecule has 0 bridgehead atoms. The topological polar surface area (TPSA) is 0 Å². The first-order valence-corrected chi connectivity index (χ1v) is 18.2. The monoisotopic (exact) mass is 776 g/mol. The zero-order valence-electron chi connectivity index (χ0n) is 26.9. The second kappa shape index (κ2) is 24.6. The van der Waals surface area contributed by atoms with Crippen LogP contribution in [0.5, 0.6) is 0 Å². The fourth-order valence-electron chi connectivity index (χ4n) is 4.87. The minimum atomic E-state index is -0.409. The van der Waals surface area contributed by atoms with Crippen molar-refractivity contribution in [1.29, 1.82) is 0 Å². The molecule has 0 unspecified atom stereocenters. The average Bonchev–Trinajstić information content (AvgIpc) is 3.98. The smallest absolute Gasteiger partial charge is 0.214 e. The number of halogens is 1. The molecule has 0 aromatic heterocycles. The van der Waals surface area contributed by atoms with E-state index in [1.165, 1.54) is 31.8 Å². The van der Waals surface area contributed by atoms with Gasteiger partial charge in [0.05, 0.1) is 0 Å². The van der Waals surface area contributed by atoms with Crippen molar-refractivity contribution in [3.8, 4) is 0 Å². The maximum atomic E-state index is 2.23. The molecule has 0 radical (unpaired) electrons. The molecule has 0 heterocycles. The molecular weight excluding hydrogens is 738 g/mol. The third-order valence-corrected chi connectivity index (χ3v) is 11.9. The molecule has 0 aliphatic carbocycles. The number of rotatable bonds is 6. The van der Waals surface area contributed by atoms with Gasteiger partial charge in [0.25, 0.3) is 0 Å². The Bertz CT molecular complexity index is 1550. The maximum absolute atomic E-state index is 2.23. The van der Waals surface area contributed by atoms with E-state index in [1.807, 2.05) is 60.7 Å². The van der Waals surface area contributed by atoms with E-state index in [0.717, 1.165) is 0 Å². The Morgan fingerprint density at radius 1 is 0.286 bits per heavy atom. The SMILES string of the molecule is Cl.[Fe+2].[Fe+2].c1cc[cH-]c1.c1cc[cH-]c1.c1ccc(P(c2ccccc2)c2ccc[cH-]2)cc1.c1ccc(P(c2ccccc2)c2ccc[cH-]2)cc1. The van der Waals surface area contributed by atoms with Crippen LogP contribution >= 0.6 is 28.3 Å². The van der Waals surface area contributed by atoms with Gasteiger partial charge in [0.1, 0.15) is 0 Å². The van der Waals surface area contributed by atoms with Crippen LogP contribution in [0.2, 0.25) is 0 Å². The van der Waals surface area contributed by atoms with Crippen LogP contribution in [0.4, 0.5) is 0 Å². The summed E-state index contributed by atoms with van der Waals surface area (Å²) in [6.45, 7) is 0. The molecule has 8 aromatic carbocycles. The second-order valence-electron chi connectivity index (χ2n) is 10.2. The molecule has 8 aromatic rings. The van der Waals surface area contributed by atoms with E-state index in [9.17, 15) is 0 Å². The van der Waals surface area contributed by atoms with Gasteiger partial charge in [-0.1, -0.05) is 121 Å². The van der Waals surface area contributed by atoms with Gasteiger partial charge < -0.3 is 0 Å². The molecule has 0 saturated heterocycles. The Kier molecular flexibility index (Phi) is 20.9. The van der Waals surface area contributed by atoms with Crippen LogP contribution in [0.1, 0.15) is 0 Å². The van der Waals surface area contributed by atoms with Crippen LogP contribution in [0.3, 0.4) is 0 Å². The second-order valence-corrected chi connectivity index (χ2v) is 14.7. The molecule has 0 atom stereocenters. The summed E-state index contributed by atoms with van der Waals surface area (Å²) >= 11 is 0. The molecule has 0 spiro atoms. The van der Waals surface area contributed by atoms with E-state index in [1.54, 1.807) is 0 Å². The maximum Gasteiger partial charge on any atom is 2.00 e. The molecule has 0 fully saturated rings. The molecule has 0 aliphatic rings. The van der Waals surface area contributed by atoms with Crippen molar-refractivity contribution >= 4 is 60.1 Å². The van der Waals surface area contributed by atoms with Crippen molar-refractivity contribution < 1.29 is 34.1 Å². The Morgan fingerprint density at radius 2 is 0.551 bits per heavy atom.